The Kier molecular flexibility index (Phi) is 6.81. The van der Waals surface area contributed by atoms with Gasteiger partial charge in [-0.1, -0.05) is 56.9 Å². The molecule has 2 heteroatoms. The Morgan fingerprint density at radius 3 is 2.35 bits per heavy atom. The number of carbonyl (C=O) groups is 2. The first-order chi connectivity index (χ1) is 11.2. The van der Waals surface area contributed by atoms with Crippen LogP contribution in [0.3, 0.4) is 0 Å². The van der Waals surface area contributed by atoms with Gasteiger partial charge < -0.3 is 0 Å². The lowest BCUT2D eigenvalue weighted by Crippen LogP contribution is -2.16. The second-order valence-corrected chi connectivity index (χ2v) is 5.93. The molecule has 2 rings (SSSR count). The van der Waals surface area contributed by atoms with Gasteiger partial charge in [-0.2, -0.15) is 0 Å². The van der Waals surface area contributed by atoms with Crippen LogP contribution in [-0.2, 0) is 0 Å². The van der Waals surface area contributed by atoms with E-state index in [1.807, 2.05) is 0 Å². The summed E-state index contributed by atoms with van der Waals surface area (Å²) >= 11 is 0. The van der Waals surface area contributed by atoms with Crippen LogP contribution in [0.2, 0.25) is 0 Å². The summed E-state index contributed by atoms with van der Waals surface area (Å²) in [6.45, 7) is 2.21. The molecule has 0 N–H and O–H groups in total. The third-order valence-electron chi connectivity index (χ3n) is 4.08. The first-order valence-electron chi connectivity index (χ1n) is 8.58. The molecule has 0 heterocycles. The first-order valence-corrected chi connectivity index (χ1v) is 8.58. The normalized spacial score (nSPS) is 13.2. The Morgan fingerprint density at radius 2 is 1.57 bits per heavy atom. The minimum absolute atomic E-state index is 0.0263. The van der Waals surface area contributed by atoms with Gasteiger partial charge in [-0.25, -0.2) is 0 Å². The highest BCUT2D eigenvalue weighted by atomic mass is 16.1. The summed E-state index contributed by atoms with van der Waals surface area (Å²) in [5.74, 6) is 6.21. The van der Waals surface area contributed by atoms with Crippen LogP contribution in [0.15, 0.2) is 35.9 Å². The number of benzene rings is 1. The number of allylic oxidation sites excluding steroid dienone is 2. The maximum Gasteiger partial charge on any atom is 0.189 e. The lowest BCUT2D eigenvalue weighted by atomic mass is 9.88. The van der Waals surface area contributed by atoms with Gasteiger partial charge in [-0.15, -0.1) is 11.8 Å². The van der Waals surface area contributed by atoms with Crippen molar-refractivity contribution in [1.29, 1.82) is 0 Å². The molecule has 0 saturated heterocycles. The predicted octanol–water partition coefficient (Wildman–Crippen LogP) is 5.14. The molecule has 1 aromatic carbocycles. The number of Topliss-reactive ketones (excluding diaryl/α,β-unsaturated/α-hetero) is 1. The Morgan fingerprint density at radius 1 is 0.870 bits per heavy atom. The summed E-state index contributed by atoms with van der Waals surface area (Å²) in [4.78, 5) is 24.4. The summed E-state index contributed by atoms with van der Waals surface area (Å²) in [6, 6.07) is 7.02. The number of rotatable bonds is 7. The van der Waals surface area contributed by atoms with Gasteiger partial charge in [-0.3, -0.25) is 9.59 Å². The first kappa shape index (κ1) is 17.2. The molecule has 1 aliphatic carbocycles. The van der Waals surface area contributed by atoms with Crippen LogP contribution >= 0.6 is 0 Å². The second-order valence-electron chi connectivity index (χ2n) is 5.93. The molecule has 23 heavy (non-hydrogen) atoms. The van der Waals surface area contributed by atoms with E-state index in [2.05, 4.69) is 18.8 Å². The number of carbonyl (C=O) groups excluding carboxylic acids is 2. The van der Waals surface area contributed by atoms with E-state index >= 15 is 0 Å². The molecule has 0 spiro atoms. The van der Waals surface area contributed by atoms with E-state index in [9.17, 15) is 9.59 Å². The number of fused-ring (bicyclic) bond motifs is 1. The van der Waals surface area contributed by atoms with Crippen molar-refractivity contribution in [3.63, 3.8) is 0 Å². The molecule has 0 aromatic heterocycles. The molecule has 1 aromatic rings. The van der Waals surface area contributed by atoms with Crippen molar-refractivity contribution in [2.24, 2.45) is 0 Å². The number of ketones is 2. The van der Waals surface area contributed by atoms with Crippen LogP contribution < -0.4 is 0 Å². The molecule has 0 radical (unpaired) electrons. The van der Waals surface area contributed by atoms with Crippen LogP contribution in [0.5, 0.6) is 0 Å². The van der Waals surface area contributed by atoms with Crippen molar-refractivity contribution in [1.82, 2.24) is 0 Å². The lowest BCUT2D eigenvalue weighted by molar-refractivity contribution is 0.0981. The fraction of sp³-hybridized carbons (Fsp3) is 0.429. The standard InChI is InChI=1S/C21H24O2/c1-2-3-4-5-6-7-8-9-10-13-17-16-20(22)18-14-11-12-15-19(18)21(17)23/h11-12,14-16H,2-7,10,13H2,1H3. The summed E-state index contributed by atoms with van der Waals surface area (Å²) < 4.78 is 0. The maximum atomic E-state index is 12.4. The van der Waals surface area contributed by atoms with Gasteiger partial charge in [0.1, 0.15) is 0 Å². The van der Waals surface area contributed by atoms with Gasteiger partial charge in [0.25, 0.3) is 0 Å². The van der Waals surface area contributed by atoms with E-state index < -0.39 is 0 Å². The van der Waals surface area contributed by atoms with Gasteiger partial charge in [0, 0.05) is 29.5 Å². The molecule has 0 saturated carbocycles. The molecular weight excluding hydrogens is 284 g/mol. The van der Waals surface area contributed by atoms with Crippen LogP contribution in [0.25, 0.3) is 0 Å². The smallest absolute Gasteiger partial charge is 0.189 e. The zero-order valence-corrected chi connectivity index (χ0v) is 13.9. The number of hydrogen-bond donors (Lipinski definition) is 0. The summed E-state index contributed by atoms with van der Waals surface area (Å²) in [7, 11) is 0. The van der Waals surface area contributed by atoms with Crippen LogP contribution in [0.1, 0.15) is 79.0 Å². The van der Waals surface area contributed by atoms with E-state index in [1.54, 1.807) is 24.3 Å². The van der Waals surface area contributed by atoms with Crippen LogP contribution in [0.4, 0.5) is 0 Å². The van der Waals surface area contributed by atoms with E-state index in [1.165, 1.54) is 31.8 Å². The monoisotopic (exact) mass is 308 g/mol. The third kappa shape index (κ3) is 4.93. The van der Waals surface area contributed by atoms with E-state index in [-0.39, 0.29) is 11.6 Å². The van der Waals surface area contributed by atoms with E-state index in [0.717, 1.165) is 12.8 Å². The van der Waals surface area contributed by atoms with Crippen molar-refractivity contribution >= 4 is 11.6 Å². The predicted molar refractivity (Wildman–Crippen MR) is 93.6 cm³/mol. The highest BCUT2D eigenvalue weighted by Crippen LogP contribution is 2.23. The van der Waals surface area contributed by atoms with Crippen molar-refractivity contribution < 1.29 is 9.59 Å². The van der Waals surface area contributed by atoms with Gasteiger partial charge >= 0.3 is 0 Å². The highest BCUT2D eigenvalue weighted by molar-refractivity contribution is 6.24. The van der Waals surface area contributed by atoms with Crippen molar-refractivity contribution in [3.05, 3.63) is 47.0 Å². The molecule has 120 valence electrons. The van der Waals surface area contributed by atoms with E-state index in [0.29, 0.717) is 29.5 Å². The topological polar surface area (TPSA) is 34.1 Å². The highest BCUT2D eigenvalue weighted by Gasteiger charge is 2.24. The fourth-order valence-electron chi connectivity index (χ4n) is 2.75. The molecule has 0 bridgehead atoms. The summed E-state index contributed by atoms with van der Waals surface area (Å²) in [5.41, 5.74) is 1.63. The largest absolute Gasteiger partial charge is 0.289 e. The average molecular weight is 308 g/mol. The molecular formula is C21H24O2. The molecule has 1 aliphatic rings. The minimum atomic E-state index is -0.0703. The van der Waals surface area contributed by atoms with Crippen molar-refractivity contribution in [3.8, 4) is 11.8 Å². The van der Waals surface area contributed by atoms with Crippen molar-refractivity contribution in [2.45, 2.75) is 58.3 Å². The van der Waals surface area contributed by atoms with Gasteiger partial charge in [0.05, 0.1) is 0 Å². The maximum absolute atomic E-state index is 12.4. The second kappa shape index (κ2) is 9.10. The van der Waals surface area contributed by atoms with Gasteiger partial charge in [0.15, 0.2) is 11.6 Å². The van der Waals surface area contributed by atoms with E-state index in [4.69, 9.17) is 0 Å². The fourth-order valence-corrected chi connectivity index (χ4v) is 2.75. The molecule has 0 amide bonds. The molecule has 0 atom stereocenters. The van der Waals surface area contributed by atoms with Gasteiger partial charge in [0.2, 0.25) is 0 Å². The molecule has 0 fully saturated rings. The molecule has 0 aliphatic heterocycles. The summed E-state index contributed by atoms with van der Waals surface area (Å²) in [6.07, 6.45) is 9.87. The number of hydrogen-bond acceptors (Lipinski definition) is 2. The Balaban J connectivity index is 1.79. The Labute approximate surface area is 139 Å². The van der Waals surface area contributed by atoms with Crippen LogP contribution in [-0.4, -0.2) is 11.6 Å². The molecule has 0 unspecified atom stereocenters. The summed E-state index contributed by atoms with van der Waals surface area (Å²) in [5, 5.41) is 0. The van der Waals surface area contributed by atoms with Crippen LogP contribution in [0, 0.1) is 11.8 Å². The zero-order chi connectivity index (χ0) is 16.5. The average Bonchev–Trinajstić information content (AvgIpc) is 2.57. The third-order valence-corrected chi connectivity index (χ3v) is 4.08. The number of unbranched alkanes of at least 4 members (excludes halogenated alkanes) is 5. The van der Waals surface area contributed by atoms with Gasteiger partial charge in [-0.05, 0) is 18.9 Å². The molecule has 2 nitrogen and oxygen atoms in total. The lowest BCUT2D eigenvalue weighted by Gasteiger charge is -2.13. The Hall–Kier alpha value is -2.14. The minimum Gasteiger partial charge on any atom is -0.289 e. The Bertz CT molecular complexity index is 656. The quantitative estimate of drug-likeness (QED) is 0.516. The SMILES string of the molecule is CCCCCCCC#CCCC1=CC(=O)c2ccccc2C1=O. The zero-order valence-electron chi connectivity index (χ0n) is 13.9. The van der Waals surface area contributed by atoms with Crippen molar-refractivity contribution in [2.75, 3.05) is 0 Å².